The van der Waals surface area contributed by atoms with Gasteiger partial charge >= 0.3 is 0 Å². The molecule has 3 aromatic rings. The number of rotatable bonds is 10. The quantitative estimate of drug-likeness (QED) is 0.368. The zero-order valence-corrected chi connectivity index (χ0v) is 21.7. The molecule has 8 nitrogen and oxygen atoms in total. The molecule has 0 aliphatic heterocycles. The van der Waals surface area contributed by atoms with Crippen LogP contribution in [0.25, 0.3) is 11.1 Å². The Bertz CT molecular complexity index is 1380. The smallest absolute Gasteiger partial charge is 0.252 e. The number of ether oxygens (including phenoxy) is 1. The van der Waals surface area contributed by atoms with Gasteiger partial charge in [-0.3, -0.25) is 9.59 Å². The Balaban J connectivity index is 1.94. The van der Waals surface area contributed by atoms with Gasteiger partial charge in [0, 0.05) is 17.1 Å². The summed E-state index contributed by atoms with van der Waals surface area (Å²) in [7, 11) is -2.60. The first-order valence-electron chi connectivity index (χ1n) is 11.2. The highest BCUT2D eigenvalue weighted by Crippen LogP contribution is 2.30. The zero-order chi connectivity index (χ0) is 26.5. The minimum atomic E-state index is -3.97. The number of carbonyl (C=O) groups excluding carboxylic acids is 2. The molecule has 0 spiro atoms. The fourth-order valence-electron chi connectivity index (χ4n) is 3.75. The lowest BCUT2D eigenvalue weighted by atomic mass is 9.94. The van der Waals surface area contributed by atoms with Crippen LogP contribution in [0.3, 0.4) is 0 Å². The lowest BCUT2D eigenvalue weighted by Gasteiger charge is -2.20. The number of sulfonamides is 1. The van der Waals surface area contributed by atoms with E-state index in [1.807, 2.05) is 0 Å². The van der Waals surface area contributed by atoms with E-state index in [-0.39, 0.29) is 28.1 Å². The maximum Gasteiger partial charge on any atom is 0.252 e. The van der Waals surface area contributed by atoms with Gasteiger partial charge in [0.2, 0.25) is 15.9 Å². The van der Waals surface area contributed by atoms with Crippen LogP contribution in [0.1, 0.15) is 29.8 Å². The number of nitrogens with two attached hydrogens (primary N) is 1. The first-order chi connectivity index (χ1) is 17.0. The van der Waals surface area contributed by atoms with E-state index in [0.717, 1.165) is 0 Å². The first kappa shape index (κ1) is 27.2. The van der Waals surface area contributed by atoms with Gasteiger partial charge in [-0.05, 0) is 46.9 Å². The second kappa shape index (κ2) is 11.6. The summed E-state index contributed by atoms with van der Waals surface area (Å²) in [6.07, 6.45) is 0. The molecule has 3 rings (SSSR count). The summed E-state index contributed by atoms with van der Waals surface area (Å²) in [5.74, 6) is -1.11. The number of nitrogens with one attached hydrogen (secondary N) is 2. The van der Waals surface area contributed by atoms with E-state index in [0.29, 0.717) is 22.3 Å². The van der Waals surface area contributed by atoms with Crippen molar-refractivity contribution in [2.24, 2.45) is 11.7 Å². The fourth-order valence-corrected chi connectivity index (χ4v) is 5.19. The Hall–Kier alpha value is -3.40. The van der Waals surface area contributed by atoms with Crippen LogP contribution in [-0.4, -0.2) is 33.4 Å². The van der Waals surface area contributed by atoms with Gasteiger partial charge in [0.05, 0.1) is 7.11 Å². The topological polar surface area (TPSA) is 128 Å². The van der Waals surface area contributed by atoms with E-state index in [1.54, 1.807) is 68.4 Å². The maximum atomic E-state index is 13.1. The van der Waals surface area contributed by atoms with E-state index in [9.17, 15) is 18.0 Å². The predicted molar refractivity (Wildman–Crippen MR) is 139 cm³/mol. The highest BCUT2D eigenvalue weighted by atomic mass is 35.5. The van der Waals surface area contributed by atoms with Crippen molar-refractivity contribution >= 4 is 33.4 Å². The summed E-state index contributed by atoms with van der Waals surface area (Å²) in [5, 5.41) is 2.96. The second-order valence-corrected chi connectivity index (χ2v) is 10.6. The van der Waals surface area contributed by atoms with Gasteiger partial charge in [-0.2, -0.15) is 0 Å². The van der Waals surface area contributed by atoms with Crippen LogP contribution in [0.5, 0.6) is 5.75 Å². The number of amides is 2. The van der Waals surface area contributed by atoms with Gasteiger partial charge in [0.15, 0.2) is 0 Å². The van der Waals surface area contributed by atoms with E-state index in [4.69, 9.17) is 22.1 Å². The molecular weight excluding hydrogens is 502 g/mol. The van der Waals surface area contributed by atoms with Crippen molar-refractivity contribution in [3.8, 4) is 16.9 Å². The minimum Gasteiger partial charge on any atom is -0.495 e. The molecule has 10 heteroatoms. The number of halogens is 1. The molecule has 0 bridgehead atoms. The standard InChI is InChI=1S/C26H28ClN3O5S/c1-16(2)24(25(28)31)30-26(32)21-11-7-6-10-20(21)19-9-5-4-8-17(19)15-29-36(33,34)23-14-18(27)12-13-22(23)35-3/h4-14,16,24,29H,15H2,1-3H3,(H2,28,31)(H,30,32)/t24-/m0/s1. The third kappa shape index (κ3) is 6.23. The molecule has 0 heterocycles. The Labute approximate surface area is 215 Å². The number of benzene rings is 3. The van der Waals surface area contributed by atoms with Crippen molar-refractivity contribution in [3.05, 3.63) is 82.9 Å². The van der Waals surface area contributed by atoms with Crippen LogP contribution in [0, 0.1) is 5.92 Å². The fraction of sp³-hybridized carbons (Fsp3) is 0.231. The van der Waals surface area contributed by atoms with Gasteiger partial charge in [0.1, 0.15) is 16.7 Å². The van der Waals surface area contributed by atoms with Gasteiger partial charge < -0.3 is 15.8 Å². The van der Waals surface area contributed by atoms with Gasteiger partial charge in [-0.25, -0.2) is 13.1 Å². The SMILES string of the molecule is COc1ccc(Cl)cc1S(=O)(=O)NCc1ccccc1-c1ccccc1C(=O)N[C@H](C(N)=O)C(C)C. The van der Waals surface area contributed by atoms with Crippen molar-refractivity contribution in [1.82, 2.24) is 10.0 Å². The lowest BCUT2D eigenvalue weighted by molar-refractivity contribution is -0.120. The van der Waals surface area contributed by atoms with Crippen LogP contribution in [0.4, 0.5) is 0 Å². The van der Waals surface area contributed by atoms with Gasteiger partial charge in [-0.1, -0.05) is 67.9 Å². The maximum absolute atomic E-state index is 13.1. The molecule has 0 unspecified atom stereocenters. The summed E-state index contributed by atoms with van der Waals surface area (Å²) in [5.41, 5.74) is 7.66. The van der Waals surface area contributed by atoms with E-state index < -0.39 is 27.9 Å². The third-order valence-electron chi connectivity index (χ3n) is 5.61. The third-order valence-corrected chi connectivity index (χ3v) is 7.26. The van der Waals surface area contributed by atoms with Gasteiger partial charge in [-0.15, -0.1) is 0 Å². The predicted octanol–water partition coefficient (Wildman–Crippen LogP) is 3.73. The van der Waals surface area contributed by atoms with E-state index in [1.165, 1.54) is 19.2 Å². The van der Waals surface area contributed by atoms with Crippen molar-refractivity contribution in [2.45, 2.75) is 31.3 Å². The normalized spacial score (nSPS) is 12.2. The van der Waals surface area contributed by atoms with Crippen molar-refractivity contribution in [2.75, 3.05) is 7.11 Å². The second-order valence-electron chi connectivity index (χ2n) is 8.42. The van der Waals surface area contributed by atoms with Crippen LogP contribution in [0.2, 0.25) is 5.02 Å². The molecule has 2 amide bonds. The molecule has 0 saturated heterocycles. The van der Waals surface area contributed by atoms with Crippen molar-refractivity contribution < 1.29 is 22.7 Å². The Morgan fingerprint density at radius 2 is 1.64 bits per heavy atom. The number of hydrogen-bond acceptors (Lipinski definition) is 5. The van der Waals surface area contributed by atoms with Crippen LogP contribution in [0.15, 0.2) is 71.6 Å². The number of primary amides is 1. The first-order valence-corrected chi connectivity index (χ1v) is 13.0. The Kier molecular flexibility index (Phi) is 8.73. The van der Waals surface area contributed by atoms with E-state index >= 15 is 0 Å². The molecule has 0 aliphatic carbocycles. The molecule has 0 radical (unpaired) electrons. The Morgan fingerprint density at radius 3 is 2.28 bits per heavy atom. The van der Waals surface area contributed by atoms with Crippen molar-refractivity contribution in [1.29, 1.82) is 0 Å². The largest absolute Gasteiger partial charge is 0.495 e. The molecule has 36 heavy (non-hydrogen) atoms. The number of hydrogen-bond donors (Lipinski definition) is 3. The van der Waals surface area contributed by atoms with Gasteiger partial charge in [0.25, 0.3) is 5.91 Å². The molecule has 0 aromatic heterocycles. The average molecular weight is 530 g/mol. The van der Waals surface area contributed by atoms with E-state index in [2.05, 4.69) is 10.0 Å². The highest BCUT2D eigenvalue weighted by molar-refractivity contribution is 7.89. The summed E-state index contributed by atoms with van der Waals surface area (Å²) in [4.78, 5) is 24.8. The number of methoxy groups -OCH3 is 1. The molecule has 0 saturated carbocycles. The summed E-state index contributed by atoms with van der Waals surface area (Å²) >= 11 is 6.01. The lowest BCUT2D eigenvalue weighted by Crippen LogP contribution is -2.47. The number of carbonyl (C=O) groups is 2. The average Bonchev–Trinajstić information content (AvgIpc) is 2.85. The molecule has 190 valence electrons. The summed E-state index contributed by atoms with van der Waals surface area (Å²) < 4.78 is 33.9. The molecule has 3 aromatic carbocycles. The van der Waals surface area contributed by atoms with Crippen molar-refractivity contribution in [3.63, 3.8) is 0 Å². The monoisotopic (exact) mass is 529 g/mol. The van der Waals surface area contributed by atoms with Crippen LogP contribution >= 0.6 is 11.6 Å². The highest BCUT2D eigenvalue weighted by Gasteiger charge is 2.25. The summed E-state index contributed by atoms with van der Waals surface area (Å²) in [6.45, 7) is 3.52. The zero-order valence-electron chi connectivity index (χ0n) is 20.1. The molecule has 0 fully saturated rings. The Morgan fingerprint density at radius 1 is 1.00 bits per heavy atom. The van der Waals surface area contributed by atoms with Crippen LogP contribution < -0.4 is 20.5 Å². The summed E-state index contributed by atoms with van der Waals surface area (Å²) in [6, 6.07) is 17.5. The minimum absolute atomic E-state index is 0.0555. The molecule has 4 N–H and O–H groups in total. The van der Waals surface area contributed by atoms with Crippen LogP contribution in [-0.2, 0) is 21.4 Å². The molecular formula is C26H28ClN3O5S. The molecule has 1 atom stereocenters. The molecule has 0 aliphatic rings.